The Kier molecular flexibility index (Phi) is 15.1. The zero-order valence-corrected chi connectivity index (χ0v) is 36.1. The summed E-state index contributed by atoms with van der Waals surface area (Å²) in [6.45, 7) is 7.57. The lowest BCUT2D eigenvalue weighted by Crippen LogP contribution is -2.69. The summed E-state index contributed by atoms with van der Waals surface area (Å²) in [6.07, 6.45) is 8.82. The van der Waals surface area contributed by atoms with Crippen LogP contribution in [0.3, 0.4) is 0 Å². The molecule has 6 atom stereocenters. The van der Waals surface area contributed by atoms with Crippen molar-refractivity contribution >= 4 is 33.6 Å². The van der Waals surface area contributed by atoms with E-state index in [1.807, 2.05) is 19.1 Å². The number of nitrogens with one attached hydrogen (secondary N) is 1. The molecule has 3 aromatic carbocycles. The van der Waals surface area contributed by atoms with Crippen LogP contribution in [0.1, 0.15) is 80.6 Å². The van der Waals surface area contributed by atoms with E-state index in [9.17, 15) is 28.2 Å². The van der Waals surface area contributed by atoms with Gasteiger partial charge in [0.05, 0.1) is 41.8 Å². The zero-order valence-electron chi connectivity index (χ0n) is 35.2. The van der Waals surface area contributed by atoms with Crippen molar-refractivity contribution in [2.24, 2.45) is 22.9 Å². The number of rotatable bonds is 21. The molecule has 1 fully saturated rings. The second kappa shape index (κ2) is 20.2. The predicted octanol–water partition coefficient (Wildman–Crippen LogP) is 7.23. The van der Waals surface area contributed by atoms with E-state index >= 15 is 0 Å². The Morgan fingerprint density at radius 1 is 1.03 bits per heavy atom. The number of nitrogens with zero attached hydrogens (tertiary/aromatic N) is 2. The Balaban J connectivity index is 1.56. The maximum Gasteiger partial charge on any atom is 0.243 e. The number of sulfonamides is 1. The molecule has 1 aliphatic heterocycles. The highest BCUT2D eigenvalue weighted by Crippen LogP contribution is 2.62. The molecule has 0 bridgehead atoms. The number of amides is 1. The Morgan fingerprint density at radius 2 is 1.74 bits per heavy atom. The van der Waals surface area contributed by atoms with E-state index in [1.165, 1.54) is 37.5 Å². The van der Waals surface area contributed by atoms with Crippen molar-refractivity contribution in [2.75, 3.05) is 45.9 Å². The molecule has 3 aliphatic rings. The van der Waals surface area contributed by atoms with Crippen molar-refractivity contribution < 1.29 is 52.0 Å². The number of aliphatic hydroxyl groups excluding tert-OH is 2. The van der Waals surface area contributed by atoms with E-state index in [0.29, 0.717) is 59.1 Å². The minimum Gasteiger partial charge on any atom is -0.496 e. The molecule has 0 unspecified atom stereocenters. The fourth-order valence-corrected chi connectivity index (χ4v) is 10.5. The number of benzene rings is 3. The Hall–Kier alpha value is -5.06. The van der Waals surface area contributed by atoms with Gasteiger partial charge >= 0.3 is 0 Å². The quantitative estimate of drug-likeness (QED) is 0.0425. The number of ether oxygens (including phenoxy) is 4. The normalized spacial score (nSPS) is 23.6. The van der Waals surface area contributed by atoms with Gasteiger partial charge in [0.2, 0.25) is 21.7 Å². The first-order valence-electron chi connectivity index (χ1n) is 20.8. The van der Waals surface area contributed by atoms with Gasteiger partial charge in [0, 0.05) is 50.8 Å². The smallest absolute Gasteiger partial charge is 0.243 e. The van der Waals surface area contributed by atoms with Crippen molar-refractivity contribution in [3.8, 4) is 23.0 Å². The number of carbonyl (C=O) groups excluding carboxylic acids is 2. The molecule has 61 heavy (non-hydrogen) atoms. The third-order valence-corrected chi connectivity index (χ3v) is 13.7. The summed E-state index contributed by atoms with van der Waals surface area (Å²) in [7, 11) is -1.23. The molecule has 3 aromatic rings. The lowest BCUT2D eigenvalue weighted by atomic mass is 9.55. The fraction of sp³-hybridized carbons (Fsp3) is 0.457. The van der Waals surface area contributed by atoms with Crippen LogP contribution in [0.25, 0.3) is 0 Å². The van der Waals surface area contributed by atoms with Crippen molar-refractivity contribution in [2.45, 2.75) is 81.4 Å². The molecule has 1 heterocycles. The second-order valence-corrected chi connectivity index (χ2v) is 17.5. The minimum absolute atomic E-state index is 0.00201. The van der Waals surface area contributed by atoms with Gasteiger partial charge in [-0.15, -0.1) is 6.58 Å². The molecule has 14 nitrogen and oxygen atoms in total. The summed E-state index contributed by atoms with van der Waals surface area (Å²) in [4.78, 5) is 29.4. The molecule has 2 aliphatic carbocycles. The number of carbonyl (C=O) groups is 2. The van der Waals surface area contributed by atoms with Crippen molar-refractivity contribution in [3.05, 3.63) is 96.1 Å². The highest BCUT2D eigenvalue weighted by atomic mass is 32.2. The minimum atomic E-state index is -4.24. The largest absolute Gasteiger partial charge is 0.496 e. The van der Waals surface area contributed by atoms with Gasteiger partial charge in [0.25, 0.3) is 0 Å². The summed E-state index contributed by atoms with van der Waals surface area (Å²) < 4.78 is 56.6. The van der Waals surface area contributed by atoms with E-state index in [4.69, 9.17) is 23.8 Å². The van der Waals surface area contributed by atoms with Gasteiger partial charge in [0.1, 0.15) is 29.6 Å². The molecule has 0 radical (unpaired) electrons. The predicted molar refractivity (Wildman–Crippen MR) is 231 cm³/mol. The number of hydrogen-bond donors (Lipinski definition) is 3. The van der Waals surface area contributed by atoms with Crippen LogP contribution < -0.4 is 19.5 Å². The van der Waals surface area contributed by atoms with E-state index in [0.717, 1.165) is 36.8 Å². The third kappa shape index (κ3) is 9.56. The van der Waals surface area contributed by atoms with Gasteiger partial charge in [0.15, 0.2) is 6.29 Å². The van der Waals surface area contributed by atoms with E-state index in [1.54, 1.807) is 42.5 Å². The van der Waals surface area contributed by atoms with E-state index in [-0.39, 0.29) is 61.4 Å². The molecular weight excluding hydrogens is 803 g/mol. The van der Waals surface area contributed by atoms with E-state index in [2.05, 4.69) is 23.1 Å². The summed E-state index contributed by atoms with van der Waals surface area (Å²) >= 11 is 0. The Bertz CT molecular complexity index is 2210. The Labute approximate surface area is 358 Å². The molecular formula is C46H57N3O11S. The van der Waals surface area contributed by atoms with Gasteiger partial charge in [-0.05, 0) is 111 Å². The number of oxime groups is 1. The first-order chi connectivity index (χ1) is 29.5. The molecule has 3 N–H and O–H groups in total. The Morgan fingerprint density at radius 3 is 2.39 bits per heavy atom. The lowest BCUT2D eigenvalue weighted by molar-refractivity contribution is -0.250. The van der Waals surface area contributed by atoms with Gasteiger partial charge in [-0.2, -0.15) is 4.31 Å². The number of aliphatic hydroxyl groups is 2. The number of hydrogen-bond acceptors (Lipinski definition) is 12. The van der Waals surface area contributed by atoms with Gasteiger partial charge in [-0.1, -0.05) is 30.1 Å². The average Bonchev–Trinajstić information content (AvgIpc) is 3.25. The zero-order chi connectivity index (χ0) is 43.7. The number of unbranched alkanes of at least 4 members (excludes halogenated alkanes) is 2. The number of aldehydes is 1. The second-order valence-electron chi connectivity index (χ2n) is 15.5. The number of anilines is 1. The van der Waals surface area contributed by atoms with Crippen LogP contribution in [0.2, 0.25) is 0 Å². The summed E-state index contributed by atoms with van der Waals surface area (Å²) in [5.41, 5.74) is 3.02. The molecule has 1 amide bonds. The van der Waals surface area contributed by atoms with Gasteiger partial charge < -0.3 is 39.3 Å². The molecule has 328 valence electrons. The first-order valence-corrected chi connectivity index (χ1v) is 22.3. The van der Waals surface area contributed by atoms with Crippen LogP contribution in [0.4, 0.5) is 5.69 Å². The first kappa shape index (κ1) is 45.5. The molecule has 1 saturated carbocycles. The summed E-state index contributed by atoms with van der Waals surface area (Å²) in [6, 6.07) is 15.5. The summed E-state index contributed by atoms with van der Waals surface area (Å²) in [5.74, 6) is -1.09. The SMILES string of the molecule is C=CCO[C@@]12Oc3ccc(Oc4ccc(OC)c(C=O)c4)cc3[C@H]3[C@H](CCCCO)[C@@H](CCCCO)C=C(C(=NOCC)C[C@@H]1N(C)S(=O)(=O)c1ccc(NC(C)=O)cc1)[C@H]32. The summed E-state index contributed by atoms with van der Waals surface area (Å²) in [5, 5.41) is 27.1. The van der Waals surface area contributed by atoms with Crippen LogP contribution in [0, 0.1) is 17.8 Å². The van der Waals surface area contributed by atoms with E-state index < -0.39 is 27.8 Å². The van der Waals surface area contributed by atoms with Crippen LogP contribution in [-0.2, 0) is 24.4 Å². The molecule has 6 rings (SSSR count). The maximum absolute atomic E-state index is 14.7. The standard InChI is InChI=1S/C46H57N3O11S/c1-6-24-57-46-43(49(4)61(54,55)36-18-14-33(15-19-36)47-30(3)53)28-40(48-58-7-2)38-26-31(12-8-10-22-50)37(13-9-11-23-51)44(45(38)46)39-27-35(17-21-42(39)60-46)59-34-16-20-41(56-5)32(25-34)29-52/h6,14-21,25-27,29,31,37,43-45,50-51H,1,7-13,22-24,28H2,2-5H3,(H,47,53)/t31-,37+,43-,44+,45+,46+/m0/s1. The molecule has 0 saturated heterocycles. The van der Waals surface area contributed by atoms with Crippen LogP contribution in [0.5, 0.6) is 23.0 Å². The maximum atomic E-state index is 14.7. The van der Waals surface area contributed by atoms with Crippen LogP contribution >= 0.6 is 0 Å². The number of methoxy groups -OCH3 is 1. The molecule has 0 aromatic heterocycles. The fourth-order valence-electron chi connectivity index (χ4n) is 9.16. The highest BCUT2D eigenvalue weighted by molar-refractivity contribution is 7.89. The van der Waals surface area contributed by atoms with Crippen molar-refractivity contribution in [1.29, 1.82) is 0 Å². The lowest BCUT2D eigenvalue weighted by Gasteiger charge is -2.59. The van der Waals surface area contributed by atoms with Crippen molar-refractivity contribution in [1.82, 2.24) is 4.31 Å². The third-order valence-electron chi connectivity index (χ3n) is 11.8. The number of allylic oxidation sites excluding steroid dienone is 1. The number of fused-ring (bicyclic) bond motifs is 2. The molecule has 15 heteroatoms. The van der Waals surface area contributed by atoms with Crippen LogP contribution in [-0.4, -0.2) is 93.3 Å². The topological polar surface area (TPSA) is 183 Å². The number of likely N-dealkylation sites (N-methyl/N-ethyl adjacent to an activating group) is 1. The van der Waals surface area contributed by atoms with Crippen LogP contribution in [0.15, 0.2) is 95.0 Å². The van der Waals surface area contributed by atoms with Gasteiger partial charge in [-0.3, -0.25) is 9.59 Å². The van der Waals surface area contributed by atoms with Gasteiger partial charge in [-0.25, -0.2) is 8.42 Å². The monoisotopic (exact) mass is 859 g/mol. The van der Waals surface area contributed by atoms with Crippen molar-refractivity contribution in [3.63, 3.8) is 0 Å². The molecule has 0 spiro atoms. The highest BCUT2D eigenvalue weighted by Gasteiger charge is 2.65. The average molecular weight is 860 g/mol.